The van der Waals surface area contributed by atoms with Gasteiger partial charge >= 0.3 is 0 Å². The van der Waals surface area contributed by atoms with Crippen LogP contribution in [0.2, 0.25) is 0 Å². The number of methoxy groups -OCH3 is 2. The summed E-state index contributed by atoms with van der Waals surface area (Å²) in [4.78, 5) is 14.5. The topological polar surface area (TPSA) is 59.0 Å². The molecule has 0 spiro atoms. The second kappa shape index (κ2) is 8.52. The van der Waals surface area contributed by atoms with E-state index >= 15 is 0 Å². The number of nitrogens with zero attached hydrogens (tertiary/aromatic N) is 1. The summed E-state index contributed by atoms with van der Waals surface area (Å²) in [6.45, 7) is 4.32. The average Bonchev–Trinajstić information content (AvgIpc) is 2.53. The quantitative estimate of drug-likeness (QED) is 0.799. The number of carbonyl (C=O) groups excluding carboxylic acids is 1. The van der Waals surface area contributed by atoms with Gasteiger partial charge in [-0.1, -0.05) is 19.9 Å². The van der Waals surface area contributed by atoms with Crippen molar-refractivity contribution >= 4 is 5.91 Å². The number of amides is 1. The summed E-state index contributed by atoms with van der Waals surface area (Å²) in [5.41, 5.74) is 0.456. The van der Waals surface area contributed by atoms with Gasteiger partial charge in [-0.15, -0.1) is 0 Å². The molecule has 0 aliphatic carbocycles. The monoisotopic (exact) mass is 295 g/mol. The van der Waals surface area contributed by atoms with E-state index in [0.717, 1.165) is 12.8 Å². The number of aliphatic hydroxyl groups excluding tert-OH is 1. The summed E-state index contributed by atoms with van der Waals surface area (Å²) in [6.07, 6.45) is 1.68. The van der Waals surface area contributed by atoms with Gasteiger partial charge in [-0.05, 0) is 25.0 Å². The molecule has 0 fully saturated rings. The van der Waals surface area contributed by atoms with Crippen molar-refractivity contribution in [1.29, 1.82) is 0 Å². The van der Waals surface area contributed by atoms with Crippen LogP contribution in [0.1, 0.15) is 37.0 Å². The third-order valence-corrected chi connectivity index (χ3v) is 3.62. The molecule has 21 heavy (non-hydrogen) atoms. The van der Waals surface area contributed by atoms with Crippen LogP contribution >= 0.6 is 0 Å². The number of hydrogen-bond acceptors (Lipinski definition) is 4. The predicted molar refractivity (Wildman–Crippen MR) is 82.0 cm³/mol. The summed E-state index contributed by atoms with van der Waals surface area (Å²) in [5.74, 6) is 0.809. The molecule has 0 radical (unpaired) electrons. The molecule has 5 heteroatoms. The van der Waals surface area contributed by atoms with Crippen LogP contribution in [-0.2, 0) is 0 Å². The number of rotatable bonds is 8. The summed E-state index contributed by atoms with van der Waals surface area (Å²) >= 11 is 0. The highest BCUT2D eigenvalue weighted by atomic mass is 16.5. The van der Waals surface area contributed by atoms with Crippen molar-refractivity contribution in [1.82, 2.24) is 4.90 Å². The molecule has 1 rings (SSSR count). The molecule has 0 aliphatic heterocycles. The van der Waals surface area contributed by atoms with Crippen molar-refractivity contribution in [3.63, 3.8) is 0 Å². The molecule has 0 atom stereocenters. The highest BCUT2D eigenvalue weighted by molar-refractivity contribution is 5.98. The van der Waals surface area contributed by atoms with E-state index < -0.39 is 0 Å². The fourth-order valence-corrected chi connectivity index (χ4v) is 2.50. The molecule has 1 aromatic rings. The molecular formula is C16H25NO4. The van der Waals surface area contributed by atoms with Gasteiger partial charge in [0, 0.05) is 12.6 Å². The predicted octanol–water partition coefficient (Wildman–Crippen LogP) is 2.33. The van der Waals surface area contributed by atoms with Crippen LogP contribution < -0.4 is 9.47 Å². The highest BCUT2D eigenvalue weighted by Gasteiger charge is 2.25. The molecule has 1 amide bonds. The SMILES string of the molecule is CCC(CC)N(CCO)C(=O)c1cccc(OC)c1OC. The minimum absolute atomic E-state index is 0.0610. The lowest BCUT2D eigenvalue weighted by atomic mass is 10.1. The van der Waals surface area contributed by atoms with E-state index in [4.69, 9.17) is 9.47 Å². The summed E-state index contributed by atoms with van der Waals surface area (Å²) < 4.78 is 10.6. The fraction of sp³-hybridized carbons (Fsp3) is 0.562. The van der Waals surface area contributed by atoms with E-state index in [1.165, 1.54) is 7.11 Å². The molecule has 118 valence electrons. The summed E-state index contributed by atoms with van der Waals surface area (Å²) in [5, 5.41) is 9.25. The molecular weight excluding hydrogens is 270 g/mol. The van der Waals surface area contributed by atoms with Crippen LogP contribution in [0.3, 0.4) is 0 Å². The smallest absolute Gasteiger partial charge is 0.258 e. The number of ether oxygens (including phenoxy) is 2. The van der Waals surface area contributed by atoms with Crippen molar-refractivity contribution in [3.05, 3.63) is 23.8 Å². The largest absolute Gasteiger partial charge is 0.493 e. The van der Waals surface area contributed by atoms with Crippen LogP contribution in [0.15, 0.2) is 18.2 Å². The minimum atomic E-state index is -0.145. The van der Waals surface area contributed by atoms with E-state index in [1.54, 1.807) is 30.2 Å². The zero-order valence-corrected chi connectivity index (χ0v) is 13.3. The lowest BCUT2D eigenvalue weighted by Crippen LogP contribution is -2.41. The van der Waals surface area contributed by atoms with Gasteiger partial charge < -0.3 is 19.5 Å². The molecule has 0 saturated carbocycles. The Bertz CT molecular complexity index is 458. The molecule has 0 unspecified atom stereocenters. The van der Waals surface area contributed by atoms with Gasteiger partial charge in [-0.3, -0.25) is 4.79 Å². The number of para-hydroxylation sites is 1. The van der Waals surface area contributed by atoms with Crippen LogP contribution in [-0.4, -0.2) is 49.3 Å². The molecule has 0 aliphatic rings. The van der Waals surface area contributed by atoms with Gasteiger partial charge in [0.05, 0.1) is 26.4 Å². The third kappa shape index (κ3) is 3.88. The Morgan fingerprint density at radius 1 is 1.24 bits per heavy atom. The van der Waals surface area contributed by atoms with Gasteiger partial charge in [0.15, 0.2) is 11.5 Å². The first-order valence-electron chi connectivity index (χ1n) is 7.27. The first-order chi connectivity index (χ1) is 10.1. The minimum Gasteiger partial charge on any atom is -0.493 e. The number of aliphatic hydroxyl groups is 1. The maximum Gasteiger partial charge on any atom is 0.258 e. The molecule has 0 heterocycles. The van der Waals surface area contributed by atoms with Crippen LogP contribution in [0, 0.1) is 0 Å². The van der Waals surface area contributed by atoms with Crippen molar-refractivity contribution in [2.75, 3.05) is 27.4 Å². The molecule has 5 nitrogen and oxygen atoms in total. The molecule has 0 saturated heterocycles. The van der Waals surface area contributed by atoms with Gasteiger partial charge in [0.2, 0.25) is 0 Å². The Labute approximate surface area is 126 Å². The number of hydrogen-bond donors (Lipinski definition) is 1. The second-order valence-electron chi connectivity index (χ2n) is 4.73. The lowest BCUT2D eigenvalue weighted by molar-refractivity contribution is 0.0618. The maximum atomic E-state index is 12.8. The number of carbonyl (C=O) groups is 1. The summed E-state index contributed by atoms with van der Waals surface area (Å²) in [6, 6.07) is 5.33. The standard InChI is InChI=1S/C16H25NO4/c1-5-12(6-2)17(10-11-18)16(19)13-8-7-9-14(20-3)15(13)21-4/h7-9,12,18H,5-6,10-11H2,1-4H3. The van der Waals surface area contributed by atoms with Crippen molar-refractivity contribution < 1.29 is 19.4 Å². The van der Waals surface area contributed by atoms with Crippen LogP contribution in [0.25, 0.3) is 0 Å². The molecule has 0 bridgehead atoms. The maximum absolute atomic E-state index is 12.8. The summed E-state index contributed by atoms with van der Waals surface area (Å²) in [7, 11) is 3.06. The van der Waals surface area contributed by atoms with Crippen molar-refractivity contribution in [3.8, 4) is 11.5 Å². The third-order valence-electron chi connectivity index (χ3n) is 3.62. The van der Waals surface area contributed by atoms with E-state index in [2.05, 4.69) is 0 Å². The Morgan fingerprint density at radius 2 is 1.90 bits per heavy atom. The number of benzene rings is 1. The van der Waals surface area contributed by atoms with Gasteiger partial charge in [0.1, 0.15) is 0 Å². The highest BCUT2D eigenvalue weighted by Crippen LogP contribution is 2.32. The van der Waals surface area contributed by atoms with Crippen molar-refractivity contribution in [2.45, 2.75) is 32.7 Å². The zero-order valence-electron chi connectivity index (χ0n) is 13.3. The Kier molecular flexibility index (Phi) is 7.02. The van der Waals surface area contributed by atoms with Gasteiger partial charge in [0.25, 0.3) is 5.91 Å². The Morgan fingerprint density at radius 3 is 2.38 bits per heavy atom. The van der Waals surface area contributed by atoms with Gasteiger partial charge in [-0.2, -0.15) is 0 Å². The first-order valence-corrected chi connectivity index (χ1v) is 7.27. The molecule has 1 N–H and O–H groups in total. The van der Waals surface area contributed by atoms with Crippen LogP contribution in [0.5, 0.6) is 11.5 Å². The Balaban J connectivity index is 3.20. The normalized spacial score (nSPS) is 10.6. The Hall–Kier alpha value is -1.75. The van der Waals surface area contributed by atoms with E-state index in [9.17, 15) is 9.90 Å². The van der Waals surface area contributed by atoms with Gasteiger partial charge in [-0.25, -0.2) is 0 Å². The lowest BCUT2D eigenvalue weighted by Gasteiger charge is -2.30. The van der Waals surface area contributed by atoms with E-state index in [-0.39, 0.29) is 18.6 Å². The van der Waals surface area contributed by atoms with Crippen LogP contribution in [0.4, 0.5) is 0 Å². The first kappa shape index (κ1) is 17.3. The average molecular weight is 295 g/mol. The van der Waals surface area contributed by atoms with E-state index in [0.29, 0.717) is 23.6 Å². The molecule has 1 aromatic carbocycles. The van der Waals surface area contributed by atoms with E-state index in [1.807, 2.05) is 13.8 Å². The second-order valence-corrected chi connectivity index (χ2v) is 4.73. The fourth-order valence-electron chi connectivity index (χ4n) is 2.50. The zero-order chi connectivity index (χ0) is 15.8. The molecule has 0 aromatic heterocycles. The van der Waals surface area contributed by atoms with Crippen molar-refractivity contribution in [2.24, 2.45) is 0 Å².